The summed E-state index contributed by atoms with van der Waals surface area (Å²) in [4.78, 5) is 0. The molecule has 0 amide bonds. The molecular weight excluding hydrogens is 175 g/mol. The summed E-state index contributed by atoms with van der Waals surface area (Å²) in [6.07, 6.45) is 0. The van der Waals surface area contributed by atoms with Crippen LogP contribution in [-0.4, -0.2) is 18.3 Å². The van der Waals surface area contributed by atoms with E-state index in [-0.39, 0.29) is 18.3 Å². The van der Waals surface area contributed by atoms with Crippen molar-refractivity contribution in [3.63, 3.8) is 0 Å². The molecule has 1 rings (SSSR count). The fourth-order valence-corrected chi connectivity index (χ4v) is 1.81. The lowest BCUT2D eigenvalue weighted by Crippen LogP contribution is -2.48. The fraction of sp³-hybridized carbons (Fsp3) is 0.818. The molecule has 0 radical (unpaired) electrons. The second-order valence-corrected chi connectivity index (χ2v) is 5.19. The van der Waals surface area contributed by atoms with E-state index in [0.717, 1.165) is 5.47 Å². The van der Waals surface area contributed by atoms with Crippen LogP contribution >= 0.6 is 0 Å². The Hall–Kier alpha value is -0.275. The van der Waals surface area contributed by atoms with Gasteiger partial charge in [-0.05, 0) is 33.6 Å². The topological polar surface area (TPSA) is 18.5 Å². The molecule has 1 aliphatic rings. The Bertz CT molecular complexity index is 248. The van der Waals surface area contributed by atoms with E-state index < -0.39 is 0 Å². The van der Waals surface area contributed by atoms with E-state index in [1.54, 1.807) is 0 Å². The zero-order valence-corrected chi connectivity index (χ0v) is 10.2. The summed E-state index contributed by atoms with van der Waals surface area (Å²) in [5.74, 6) is 0.418. The van der Waals surface area contributed by atoms with Crippen LogP contribution in [0.4, 0.5) is 0 Å². The van der Waals surface area contributed by atoms with Crippen LogP contribution in [-0.2, 0) is 9.31 Å². The molecule has 1 fully saturated rings. The van der Waals surface area contributed by atoms with Crippen molar-refractivity contribution in [2.45, 2.75) is 52.7 Å². The van der Waals surface area contributed by atoms with Crippen molar-refractivity contribution in [1.82, 2.24) is 0 Å². The minimum absolute atomic E-state index is 0.239. The summed E-state index contributed by atoms with van der Waals surface area (Å²) in [7, 11) is -0.252. The highest BCUT2D eigenvalue weighted by Crippen LogP contribution is 2.43. The van der Waals surface area contributed by atoms with Crippen LogP contribution in [0.25, 0.3) is 0 Å². The van der Waals surface area contributed by atoms with Crippen molar-refractivity contribution in [2.75, 3.05) is 0 Å². The number of hydrogen-bond donors (Lipinski definition) is 0. The van der Waals surface area contributed by atoms with Crippen LogP contribution in [0.5, 0.6) is 0 Å². The molecule has 0 N–H and O–H groups in total. The van der Waals surface area contributed by atoms with Crippen molar-refractivity contribution in [3.05, 3.63) is 12.1 Å². The van der Waals surface area contributed by atoms with Gasteiger partial charge in [-0.25, -0.2) is 0 Å². The van der Waals surface area contributed by atoms with Crippen LogP contribution in [0.1, 0.15) is 41.5 Å². The molecule has 80 valence electrons. The Morgan fingerprint density at radius 3 is 1.93 bits per heavy atom. The minimum Gasteiger partial charge on any atom is -0.400 e. The number of hydrogen-bond acceptors (Lipinski definition) is 2. The predicted octanol–water partition coefficient (Wildman–Crippen LogP) is 2.83. The van der Waals surface area contributed by atoms with Gasteiger partial charge in [-0.1, -0.05) is 19.3 Å². The Balaban J connectivity index is 2.94. The molecule has 1 atom stereocenters. The molecule has 0 aromatic rings. The molecule has 1 unspecified atom stereocenters. The van der Waals surface area contributed by atoms with Gasteiger partial charge in [0.15, 0.2) is 0 Å². The second kappa shape index (κ2) is 3.39. The van der Waals surface area contributed by atoms with Gasteiger partial charge in [-0.3, -0.25) is 0 Å². The second-order valence-electron chi connectivity index (χ2n) is 5.19. The number of allylic oxidation sites excluding steroid dienone is 1. The maximum absolute atomic E-state index is 5.97. The van der Waals surface area contributed by atoms with Crippen molar-refractivity contribution < 1.29 is 9.31 Å². The number of rotatable bonds is 2. The first-order valence-corrected chi connectivity index (χ1v) is 5.22. The molecule has 0 saturated carbocycles. The molecular formula is C11H21BO2. The van der Waals surface area contributed by atoms with E-state index in [1.165, 1.54) is 0 Å². The van der Waals surface area contributed by atoms with Gasteiger partial charge in [0.2, 0.25) is 0 Å². The van der Waals surface area contributed by atoms with Gasteiger partial charge >= 0.3 is 7.12 Å². The monoisotopic (exact) mass is 196 g/mol. The lowest BCUT2D eigenvalue weighted by Gasteiger charge is -2.39. The average Bonchev–Trinajstić information content (AvgIpc) is 2.24. The molecule has 0 aromatic carbocycles. The third kappa shape index (κ3) is 1.63. The van der Waals surface area contributed by atoms with Gasteiger partial charge in [-0.2, -0.15) is 0 Å². The van der Waals surface area contributed by atoms with Crippen molar-refractivity contribution in [1.29, 1.82) is 0 Å². The summed E-state index contributed by atoms with van der Waals surface area (Å²) in [6, 6.07) is 0. The van der Waals surface area contributed by atoms with E-state index in [0.29, 0.717) is 5.92 Å². The minimum atomic E-state index is -0.259. The molecule has 3 heteroatoms. The lowest BCUT2D eigenvalue weighted by atomic mass is 9.78. The van der Waals surface area contributed by atoms with Crippen molar-refractivity contribution in [2.24, 2.45) is 5.92 Å². The summed E-state index contributed by atoms with van der Waals surface area (Å²) in [5.41, 5.74) is 0.434. The maximum atomic E-state index is 5.97. The van der Waals surface area contributed by atoms with E-state index in [4.69, 9.17) is 9.31 Å². The SMILES string of the molecule is C=C(C)B1OC(C)(C)C(C)(C(C)C)O1. The maximum Gasteiger partial charge on any atom is 0.489 e. The first-order valence-electron chi connectivity index (χ1n) is 5.22. The van der Waals surface area contributed by atoms with Gasteiger partial charge in [0.25, 0.3) is 0 Å². The Kier molecular flexibility index (Phi) is 2.85. The summed E-state index contributed by atoms with van der Waals surface area (Å²) in [6.45, 7) is 16.4. The van der Waals surface area contributed by atoms with E-state index >= 15 is 0 Å². The summed E-state index contributed by atoms with van der Waals surface area (Å²) in [5, 5.41) is 0. The molecule has 1 aliphatic heterocycles. The van der Waals surface area contributed by atoms with Gasteiger partial charge in [0.05, 0.1) is 11.2 Å². The van der Waals surface area contributed by atoms with Crippen LogP contribution in [0, 0.1) is 5.92 Å². The fourth-order valence-electron chi connectivity index (χ4n) is 1.81. The zero-order chi connectivity index (χ0) is 11.1. The third-order valence-electron chi connectivity index (χ3n) is 3.45. The smallest absolute Gasteiger partial charge is 0.400 e. The molecule has 2 nitrogen and oxygen atoms in total. The summed E-state index contributed by atoms with van der Waals surface area (Å²) >= 11 is 0. The van der Waals surface area contributed by atoms with Crippen LogP contribution in [0.2, 0.25) is 0 Å². The predicted molar refractivity (Wildman–Crippen MR) is 60.1 cm³/mol. The van der Waals surface area contributed by atoms with E-state index in [2.05, 4.69) is 41.2 Å². The Morgan fingerprint density at radius 2 is 1.71 bits per heavy atom. The molecule has 1 saturated heterocycles. The average molecular weight is 196 g/mol. The van der Waals surface area contributed by atoms with Gasteiger partial charge < -0.3 is 9.31 Å². The van der Waals surface area contributed by atoms with Crippen LogP contribution < -0.4 is 0 Å². The zero-order valence-electron chi connectivity index (χ0n) is 10.2. The summed E-state index contributed by atoms with van der Waals surface area (Å²) < 4.78 is 11.8. The highest BCUT2D eigenvalue weighted by Gasteiger charge is 2.55. The quantitative estimate of drug-likeness (QED) is 0.632. The van der Waals surface area contributed by atoms with Crippen molar-refractivity contribution >= 4 is 7.12 Å². The lowest BCUT2D eigenvalue weighted by molar-refractivity contribution is -0.0435. The first kappa shape index (κ1) is 11.8. The molecule has 0 spiro atoms. The third-order valence-corrected chi connectivity index (χ3v) is 3.45. The molecule has 14 heavy (non-hydrogen) atoms. The van der Waals surface area contributed by atoms with Gasteiger partial charge in [0.1, 0.15) is 0 Å². The highest BCUT2D eigenvalue weighted by atomic mass is 16.7. The molecule has 0 aliphatic carbocycles. The van der Waals surface area contributed by atoms with Crippen LogP contribution in [0.3, 0.4) is 0 Å². The van der Waals surface area contributed by atoms with Crippen LogP contribution in [0.15, 0.2) is 12.1 Å². The van der Waals surface area contributed by atoms with Crippen molar-refractivity contribution in [3.8, 4) is 0 Å². The van der Waals surface area contributed by atoms with Gasteiger partial charge in [-0.15, -0.1) is 6.58 Å². The normalized spacial score (nSPS) is 31.2. The van der Waals surface area contributed by atoms with E-state index in [1.807, 2.05) is 6.92 Å². The largest absolute Gasteiger partial charge is 0.489 e. The first-order chi connectivity index (χ1) is 6.21. The highest BCUT2D eigenvalue weighted by molar-refractivity contribution is 6.54. The van der Waals surface area contributed by atoms with E-state index in [9.17, 15) is 0 Å². The molecule has 1 heterocycles. The standard InChI is InChI=1S/C11H21BO2/c1-8(2)11(7)10(5,6)13-12(14-11)9(3)4/h8H,3H2,1-2,4-7H3. The molecule has 0 bridgehead atoms. The van der Waals surface area contributed by atoms with Gasteiger partial charge in [0, 0.05) is 0 Å². The Labute approximate surface area is 87.8 Å². The molecule has 0 aromatic heterocycles. The Morgan fingerprint density at radius 1 is 1.21 bits per heavy atom.